The van der Waals surface area contributed by atoms with E-state index in [9.17, 15) is 0 Å². The summed E-state index contributed by atoms with van der Waals surface area (Å²) in [6, 6.07) is 0. The Morgan fingerprint density at radius 1 is 0.652 bits per heavy atom. The van der Waals surface area contributed by atoms with Crippen LogP contribution in [-0.4, -0.2) is 0 Å². The molecule has 0 amide bonds. The van der Waals surface area contributed by atoms with Gasteiger partial charge in [0.2, 0.25) is 0 Å². The molecule has 1 fully saturated rings. The fraction of sp³-hybridized carbons (Fsp3) is 1.00. The zero-order chi connectivity index (χ0) is 16.8. The average molecular weight is 323 g/mol. The van der Waals surface area contributed by atoms with Gasteiger partial charge >= 0.3 is 0 Å². The van der Waals surface area contributed by atoms with E-state index < -0.39 is 0 Å². The second-order valence-electron chi connectivity index (χ2n) is 8.46. The van der Waals surface area contributed by atoms with E-state index in [1.807, 2.05) is 0 Å². The molecule has 0 aromatic heterocycles. The van der Waals surface area contributed by atoms with Crippen LogP contribution in [0.4, 0.5) is 0 Å². The van der Waals surface area contributed by atoms with Crippen molar-refractivity contribution in [2.45, 2.75) is 130 Å². The van der Waals surface area contributed by atoms with Crippen molar-refractivity contribution in [3.05, 3.63) is 0 Å². The molecule has 23 heavy (non-hydrogen) atoms. The van der Waals surface area contributed by atoms with Crippen LogP contribution in [0.15, 0.2) is 0 Å². The summed E-state index contributed by atoms with van der Waals surface area (Å²) < 4.78 is 0. The first kappa shape index (κ1) is 21.0. The number of hydrogen-bond acceptors (Lipinski definition) is 0. The highest BCUT2D eigenvalue weighted by atomic mass is 14.4. The summed E-state index contributed by atoms with van der Waals surface area (Å²) in [4.78, 5) is 0. The molecule has 1 rings (SSSR count). The maximum Gasteiger partial charge on any atom is -0.0357 e. The summed E-state index contributed by atoms with van der Waals surface area (Å²) in [7, 11) is 0. The average Bonchev–Trinajstić information content (AvgIpc) is 3.33. The molecule has 0 nitrogen and oxygen atoms in total. The molecule has 3 atom stereocenters. The topological polar surface area (TPSA) is 0 Å². The molecule has 3 unspecified atom stereocenters. The van der Waals surface area contributed by atoms with Crippen molar-refractivity contribution in [2.24, 2.45) is 17.8 Å². The Balaban J connectivity index is 1.76. The van der Waals surface area contributed by atoms with Crippen LogP contribution in [0.5, 0.6) is 0 Å². The van der Waals surface area contributed by atoms with Crippen LogP contribution < -0.4 is 0 Å². The summed E-state index contributed by atoms with van der Waals surface area (Å²) >= 11 is 0. The molecule has 1 saturated carbocycles. The first-order chi connectivity index (χ1) is 11.3. The minimum absolute atomic E-state index is 1.01. The predicted molar refractivity (Wildman–Crippen MR) is 106 cm³/mol. The Morgan fingerprint density at radius 3 is 1.65 bits per heavy atom. The third-order valence-corrected chi connectivity index (χ3v) is 6.15. The van der Waals surface area contributed by atoms with Gasteiger partial charge < -0.3 is 0 Å². The summed E-state index contributed by atoms with van der Waals surface area (Å²) in [6.07, 6.45) is 25.1. The molecule has 1 aliphatic rings. The molecule has 0 spiro atoms. The molecular formula is C23H46. The molecule has 0 aliphatic heterocycles. The molecule has 0 saturated heterocycles. The van der Waals surface area contributed by atoms with E-state index in [1.54, 1.807) is 6.42 Å². The van der Waals surface area contributed by atoms with Crippen LogP contribution in [0, 0.1) is 17.8 Å². The van der Waals surface area contributed by atoms with Gasteiger partial charge in [-0.25, -0.2) is 0 Å². The van der Waals surface area contributed by atoms with Crippen LogP contribution in [0.2, 0.25) is 0 Å². The zero-order valence-electron chi connectivity index (χ0n) is 16.8. The van der Waals surface area contributed by atoms with Crippen molar-refractivity contribution in [3.63, 3.8) is 0 Å². The summed E-state index contributed by atoms with van der Waals surface area (Å²) in [5.41, 5.74) is 0. The highest BCUT2D eigenvalue weighted by Gasteiger charge is 2.39. The molecular weight excluding hydrogens is 276 g/mol. The van der Waals surface area contributed by atoms with E-state index in [4.69, 9.17) is 0 Å². The second kappa shape index (κ2) is 14.4. The van der Waals surface area contributed by atoms with Crippen molar-refractivity contribution in [2.75, 3.05) is 0 Å². The highest BCUT2D eigenvalue weighted by molar-refractivity contribution is 4.89. The maximum atomic E-state index is 2.52. The molecule has 0 radical (unpaired) electrons. The Labute approximate surface area is 148 Å². The Bertz CT molecular complexity index is 244. The Kier molecular flexibility index (Phi) is 13.1. The van der Waals surface area contributed by atoms with Crippen molar-refractivity contribution < 1.29 is 0 Å². The van der Waals surface area contributed by atoms with Crippen molar-refractivity contribution in [3.8, 4) is 0 Å². The smallest absolute Gasteiger partial charge is 0.0357 e. The van der Waals surface area contributed by atoms with Gasteiger partial charge in [0.15, 0.2) is 0 Å². The standard InChI is InChI=1S/C23H46/c1-4-6-8-9-10-11-12-13-14-15-16-17-18-21(3)23-20-22(23)19-7-5-2/h21-23H,4-20H2,1-3H3. The van der Waals surface area contributed by atoms with Crippen LogP contribution in [0.1, 0.15) is 130 Å². The van der Waals surface area contributed by atoms with Gasteiger partial charge in [-0.15, -0.1) is 0 Å². The van der Waals surface area contributed by atoms with Gasteiger partial charge in [-0.3, -0.25) is 0 Å². The van der Waals surface area contributed by atoms with Crippen molar-refractivity contribution in [1.82, 2.24) is 0 Å². The van der Waals surface area contributed by atoms with Crippen LogP contribution in [-0.2, 0) is 0 Å². The zero-order valence-corrected chi connectivity index (χ0v) is 16.8. The summed E-state index contributed by atoms with van der Waals surface area (Å²) in [5.74, 6) is 3.23. The van der Waals surface area contributed by atoms with Gasteiger partial charge in [0.25, 0.3) is 0 Å². The second-order valence-corrected chi connectivity index (χ2v) is 8.46. The molecule has 0 bridgehead atoms. The van der Waals surface area contributed by atoms with E-state index in [1.165, 1.54) is 103 Å². The fourth-order valence-electron chi connectivity index (χ4n) is 4.29. The minimum Gasteiger partial charge on any atom is -0.0654 e. The Hall–Kier alpha value is 0. The van der Waals surface area contributed by atoms with Gasteiger partial charge in [-0.2, -0.15) is 0 Å². The minimum atomic E-state index is 1.01. The maximum absolute atomic E-state index is 2.52. The number of hydrogen-bond donors (Lipinski definition) is 0. The van der Waals surface area contributed by atoms with Crippen molar-refractivity contribution >= 4 is 0 Å². The highest BCUT2D eigenvalue weighted by Crippen LogP contribution is 2.48. The Morgan fingerprint density at radius 2 is 1.13 bits per heavy atom. The van der Waals surface area contributed by atoms with E-state index in [-0.39, 0.29) is 0 Å². The monoisotopic (exact) mass is 322 g/mol. The van der Waals surface area contributed by atoms with Gasteiger partial charge in [0, 0.05) is 0 Å². The van der Waals surface area contributed by atoms with Crippen LogP contribution in [0.25, 0.3) is 0 Å². The summed E-state index contributed by atoms with van der Waals surface area (Å²) in [6.45, 7) is 7.15. The SMILES string of the molecule is CCCCCCCCCCCCCCC(C)C1CC1CCCC. The largest absolute Gasteiger partial charge is 0.0654 e. The molecule has 0 heteroatoms. The third-order valence-electron chi connectivity index (χ3n) is 6.15. The fourth-order valence-corrected chi connectivity index (χ4v) is 4.29. The molecule has 1 aliphatic carbocycles. The number of unbranched alkanes of at least 4 members (excludes halogenated alkanes) is 12. The quantitative estimate of drug-likeness (QED) is 0.235. The van der Waals surface area contributed by atoms with Crippen molar-refractivity contribution in [1.29, 1.82) is 0 Å². The molecule has 0 aromatic rings. The summed E-state index contributed by atoms with van der Waals surface area (Å²) in [5, 5.41) is 0. The van der Waals surface area contributed by atoms with E-state index in [0.717, 1.165) is 17.8 Å². The first-order valence-corrected chi connectivity index (χ1v) is 11.3. The van der Waals surface area contributed by atoms with E-state index >= 15 is 0 Å². The molecule has 0 N–H and O–H groups in total. The van der Waals surface area contributed by atoms with Gasteiger partial charge in [-0.1, -0.05) is 124 Å². The van der Waals surface area contributed by atoms with E-state index in [2.05, 4.69) is 20.8 Å². The number of rotatable bonds is 17. The van der Waals surface area contributed by atoms with Gasteiger partial charge in [0.05, 0.1) is 0 Å². The van der Waals surface area contributed by atoms with Crippen LogP contribution in [0.3, 0.4) is 0 Å². The van der Waals surface area contributed by atoms with Gasteiger partial charge in [0.1, 0.15) is 0 Å². The van der Waals surface area contributed by atoms with Crippen LogP contribution >= 0.6 is 0 Å². The molecule has 0 heterocycles. The molecule has 138 valence electrons. The normalized spacial score (nSPS) is 21.5. The lowest BCUT2D eigenvalue weighted by atomic mass is 9.95. The predicted octanol–water partition coefficient (Wildman–Crippen LogP) is 8.54. The lowest BCUT2D eigenvalue weighted by molar-refractivity contribution is 0.408. The van der Waals surface area contributed by atoms with E-state index in [0.29, 0.717) is 0 Å². The first-order valence-electron chi connectivity index (χ1n) is 11.3. The lowest BCUT2D eigenvalue weighted by Gasteiger charge is -2.11. The third kappa shape index (κ3) is 11.2. The lowest BCUT2D eigenvalue weighted by Crippen LogP contribution is -1.99. The van der Waals surface area contributed by atoms with Gasteiger partial charge in [-0.05, 0) is 24.2 Å². The molecule has 0 aromatic carbocycles.